The highest BCUT2D eigenvalue weighted by molar-refractivity contribution is 5.88. The molecule has 0 aliphatic heterocycles. The standard InChI is InChI=1S/C13H13NO3/c1-9(12-6-3-7-17-12)14-11-5-2-4-10(8-11)13(15)16/h2-9,14H,1H3,(H,15,16). The van der Waals surface area contributed by atoms with Crippen LogP contribution in [0.5, 0.6) is 0 Å². The van der Waals surface area contributed by atoms with Crippen molar-refractivity contribution in [3.05, 3.63) is 54.0 Å². The molecule has 1 atom stereocenters. The summed E-state index contributed by atoms with van der Waals surface area (Å²) in [6, 6.07) is 10.4. The lowest BCUT2D eigenvalue weighted by atomic mass is 10.2. The van der Waals surface area contributed by atoms with Crippen molar-refractivity contribution < 1.29 is 14.3 Å². The summed E-state index contributed by atoms with van der Waals surface area (Å²) in [5, 5.41) is 12.1. The van der Waals surface area contributed by atoms with Crippen LogP contribution in [0.25, 0.3) is 0 Å². The van der Waals surface area contributed by atoms with Crippen LogP contribution in [0.2, 0.25) is 0 Å². The Balaban J connectivity index is 2.13. The number of hydrogen-bond donors (Lipinski definition) is 2. The highest BCUT2D eigenvalue weighted by Crippen LogP contribution is 2.20. The highest BCUT2D eigenvalue weighted by Gasteiger charge is 2.09. The number of nitrogens with one attached hydrogen (secondary N) is 1. The zero-order valence-corrected chi connectivity index (χ0v) is 9.38. The van der Waals surface area contributed by atoms with E-state index in [0.29, 0.717) is 0 Å². The van der Waals surface area contributed by atoms with E-state index in [1.165, 1.54) is 0 Å². The van der Waals surface area contributed by atoms with Gasteiger partial charge in [0.2, 0.25) is 0 Å². The van der Waals surface area contributed by atoms with Crippen molar-refractivity contribution in [1.29, 1.82) is 0 Å². The molecule has 4 heteroatoms. The van der Waals surface area contributed by atoms with Crippen LogP contribution in [0.4, 0.5) is 5.69 Å². The maximum atomic E-state index is 10.8. The van der Waals surface area contributed by atoms with Gasteiger partial charge in [0, 0.05) is 5.69 Å². The molecule has 1 unspecified atom stereocenters. The highest BCUT2D eigenvalue weighted by atomic mass is 16.4. The van der Waals surface area contributed by atoms with Gasteiger partial charge in [-0.05, 0) is 37.3 Å². The van der Waals surface area contributed by atoms with Crippen molar-refractivity contribution in [1.82, 2.24) is 0 Å². The monoisotopic (exact) mass is 231 g/mol. The molecule has 1 aromatic heterocycles. The molecular weight excluding hydrogens is 218 g/mol. The van der Waals surface area contributed by atoms with Crippen molar-refractivity contribution in [2.75, 3.05) is 5.32 Å². The smallest absolute Gasteiger partial charge is 0.335 e. The Labute approximate surface area is 98.9 Å². The molecule has 0 saturated heterocycles. The minimum absolute atomic E-state index is 0.00551. The summed E-state index contributed by atoms with van der Waals surface area (Å²) in [5.41, 5.74) is 1.02. The predicted octanol–water partition coefficient (Wildman–Crippen LogP) is 3.15. The number of hydrogen-bond acceptors (Lipinski definition) is 3. The molecule has 0 aliphatic rings. The van der Waals surface area contributed by atoms with Gasteiger partial charge in [0.1, 0.15) is 5.76 Å². The lowest BCUT2D eigenvalue weighted by Gasteiger charge is -2.13. The summed E-state index contributed by atoms with van der Waals surface area (Å²) in [6.07, 6.45) is 1.61. The van der Waals surface area contributed by atoms with E-state index in [0.717, 1.165) is 11.4 Å². The second-order valence-electron chi connectivity index (χ2n) is 3.77. The number of aromatic carboxylic acids is 1. The average Bonchev–Trinajstić information content (AvgIpc) is 2.82. The van der Waals surface area contributed by atoms with Crippen molar-refractivity contribution in [3.63, 3.8) is 0 Å². The average molecular weight is 231 g/mol. The van der Waals surface area contributed by atoms with Gasteiger partial charge in [-0.15, -0.1) is 0 Å². The fourth-order valence-corrected chi connectivity index (χ4v) is 1.60. The van der Waals surface area contributed by atoms with Crippen LogP contribution in [0.3, 0.4) is 0 Å². The summed E-state index contributed by atoms with van der Waals surface area (Å²) in [6.45, 7) is 1.95. The zero-order valence-electron chi connectivity index (χ0n) is 9.38. The van der Waals surface area contributed by atoms with Gasteiger partial charge >= 0.3 is 5.97 Å². The number of benzene rings is 1. The summed E-state index contributed by atoms with van der Waals surface area (Å²) in [7, 11) is 0. The van der Waals surface area contributed by atoms with Gasteiger partial charge in [0.25, 0.3) is 0 Å². The van der Waals surface area contributed by atoms with Gasteiger partial charge in [-0.25, -0.2) is 4.79 Å². The Morgan fingerprint density at radius 1 is 1.35 bits per heavy atom. The Kier molecular flexibility index (Phi) is 3.14. The molecule has 0 spiro atoms. The fourth-order valence-electron chi connectivity index (χ4n) is 1.60. The minimum Gasteiger partial charge on any atom is -0.478 e. The third kappa shape index (κ3) is 2.66. The molecule has 0 fully saturated rings. The molecular formula is C13H13NO3. The van der Waals surface area contributed by atoms with E-state index in [9.17, 15) is 4.79 Å². The van der Waals surface area contributed by atoms with Crippen LogP contribution in [-0.2, 0) is 0 Å². The van der Waals surface area contributed by atoms with E-state index in [4.69, 9.17) is 9.52 Å². The number of carboxylic acids is 1. The molecule has 2 N–H and O–H groups in total. The third-order valence-electron chi connectivity index (χ3n) is 2.46. The van der Waals surface area contributed by atoms with Crippen LogP contribution in [-0.4, -0.2) is 11.1 Å². The molecule has 1 aromatic carbocycles. The molecule has 1 heterocycles. The first-order chi connectivity index (χ1) is 8.16. The number of carbonyl (C=O) groups is 1. The Morgan fingerprint density at radius 2 is 2.18 bits per heavy atom. The first-order valence-corrected chi connectivity index (χ1v) is 5.30. The lowest BCUT2D eigenvalue weighted by Crippen LogP contribution is -2.06. The molecule has 0 bridgehead atoms. The zero-order chi connectivity index (χ0) is 12.3. The second kappa shape index (κ2) is 4.74. The van der Waals surface area contributed by atoms with Crippen LogP contribution in [0.15, 0.2) is 47.1 Å². The number of rotatable bonds is 4. The van der Waals surface area contributed by atoms with E-state index in [-0.39, 0.29) is 11.6 Å². The normalized spacial score (nSPS) is 12.1. The van der Waals surface area contributed by atoms with Crippen LogP contribution in [0.1, 0.15) is 29.1 Å². The van der Waals surface area contributed by atoms with Gasteiger partial charge in [0.05, 0.1) is 17.9 Å². The number of furan rings is 1. The van der Waals surface area contributed by atoms with Crippen LogP contribution < -0.4 is 5.32 Å². The SMILES string of the molecule is CC(Nc1cccc(C(=O)O)c1)c1ccco1. The maximum absolute atomic E-state index is 10.8. The molecule has 0 radical (unpaired) electrons. The first-order valence-electron chi connectivity index (χ1n) is 5.30. The van der Waals surface area contributed by atoms with Crippen LogP contribution in [0, 0.1) is 0 Å². The van der Waals surface area contributed by atoms with Gasteiger partial charge in [-0.3, -0.25) is 0 Å². The molecule has 2 aromatic rings. The quantitative estimate of drug-likeness (QED) is 0.848. The molecule has 17 heavy (non-hydrogen) atoms. The molecule has 0 amide bonds. The third-order valence-corrected chi connectivity index (χ3v) is 2.46. The largest absolute Gasteiger partial charge is 0.478 e. The minimum atomic E-state index is -0.931. The Morgan fingerprint density at radius 3 is 2.82 bits per heavy atom. The molecule has 0 saturated carbocycles. The van der Waals surface area contributed by atoms with Crippen molar-refractivity contribution >= 4 is 11.7 Å². The number of carboxylic acid groups (broad SMARTS) is 1. The van der Waals surface area contributed by atoms with E-state index in [1.807, 2.05) is 25.1 Å². The summed E-state index contributed by atoms with van der Waals surface area (Å²) >= 11 is 0. The maximum Gasteiger partial charge on any atom is 0.335 e. The number of anilines is 1. The molecule has 2 rings (SSSR count). The topological polar surface area (TPSA) is 62.5 Å². The van der Waals surface area contributed by atoms with Crippen molar-refractivity contribution in [2.45, 2.75) is 13.0 Å². The van der Waals surface area contributed by atoms with Crippen molar-refractivity contribution in [3.8, 4) is 0 Å². The molecule has 88 valence electrons. The Hall–Kier alpha value is -2.23. The van der Waals surface area contributed by atoms with E-state index in [1.54, 1.807) is 24.5 Å². The summed E-state index contributed by atoms with van der Waals surface area (Å²) in [4.78, 5) is 10.8. The van der Waals surface area contributed by atoms with E-state index >= 15 is 0 Å². The summed E-state index contributed by atoms with van der Waals surface area (Å²) < 4.78 is 5.27. The summed E-state index contributed by atoms with van der Waals surface area (Å²) in [5.74, 6) is -0.120. The lowest BCUT2D eigenvalue weighted by molar-refractivity contribution is 0.0697. The van der Waals surface area contributed by atoms with Gasteiger partial charge in [-0.2, -0.15) is 0 Å². The van der Waals surface area contributed by atoms with Gasteiger partial charge < -0.3 is 14.8 Å². The molecule has 0 aliphatic carbocycles. The van der Waals surface area contributed by atoms with Crippen molar-refractivity contribution in [2.24, 2.45) is 0 Å². The predicted molar refractivity (Wildman–Crippen MR) is 64.1 cm³/mol. The Bertz CT molecular complexity index is 505. The van der Waals surface area contributed by atoms with E-state index in [2.05, 4.69) is 5.32 Å². The second-order valence-corrected chi connectivity index (χ2v) is 3.77. The van der Waals surface area contributed by atoms with Gasteiger partial charge in [-0.1, -0.05) is 6.07 Å². The van der Waals surface area contributed by atoms with Crippen LogP contribution >= 0.6 is 0 Å². The fraction of sp³-hybridized carbons (Fsp3) is 0.154. The molecule has 4 nitrogen and oxygen atoms in total. The van der Waals surface area contributed by atoms with E-state index < -0.39 is 5.97 Å². The first kappa shape index (κ1) is 11.3. The van der Waals surface area contributed by atoms with Gasteiger partial charge in [0.15, 0.2) is 0 Å².